The van der Waals surface area contributed by atoms with Gasteiger partial charge in [0.1, 0.15) is 12.4 Å². The number of aryl methyl sites for hydroxylation is 1. The van der Waals surface area contributed by atoms with E-state index in [1.54, 1.807) is 12.1 Å². The van der Waals surface area contributed by atoms with Crippen molar-refractivity contribution >= 4 is 35.0 Å². The number of aromatic nitrogens is 3. The first-order valence-electron chi connectivity index (χ1n) is 10.5. The maximum atomic E-state index is 12.4. The zero-order valence-electron chi connectivity index (χ0n) is 19.1. The van der Waals surface area contributed by atoms with Crippen LogP contribution in [0.2, 0.25) is 5.02 Å². The summed E-state index contributed by atoms with van der Waals surface area (Å²) in [7, 11) is 0. The standard InChI is InChI=1S/C24H29ClN4O2S/c1-6-29-21(14-31-19-11-8-17(9-12-19)24(3,4)5)27-28-23(29)32-15-22(30)26-20-13-18(25)10-7-16(20)2/h7-13H,6,14-15H2,1-5H3,(H,26,30). The van der Waals surface area contributed by atoms with Crippen molar-refractivity contribution in [2.24, 2.45) is 0 Å². The van der Waals surface area contributed by atoms with E-state index in [4.69, 9.17) is 16.3 Å². The van der Waals surface area contributed by atoms with E-state index >= 15 is 0 Å². The number of nitrogens with zero attached hydrogens (tertiary/aromatic N) is 3. The van der Waals surface area contributed by atoms with Crippen molar-refractivity contribution in [3.8, 4) is 5.75 Å². The van der Waals surface area contributed by atoms with Crippen LogP contribution in [-0.4, -0.2) is 26.4 Å². The minimum absolute atomic E-state index is 0.102. The molecule has 3 rings (SSSR count). The Bertz CT molecular complexity index is 1070. The van der Waals surface area contributed by atoms with Crippen LogP contribution in [0.5, 0.6) is 5.75 Å². The molecule has 0 fully saturated rings. The number of halogens is 1. The smallest absolute Gasteiger partial charge is 0.234 e. The number of thioether (sulfide) groups is 1. The number of carbonyl (C=O) groups is 1. The monoisotopic (exact) mass is 472 g/mol. The molecule has 0 aliphatic rings. The lowest BCUT2D eigenvalue weighted by Crippen LogP contribution is -2.15. The van der Waals surface area contributed by atoms with E-state index < -0.39 is 0 Å². The Morgan fingerprint density at radius 1 is 1.16 bits per heavy atom. The molecule has 0 bridgehead atoms. The second-order valence-corrected chi connectivity index (χ2v) is 9.88. The highest BCUT2D eigenvalue weighted by Crippen LogP contribution is 2.25. The predicted molar refractivity (Wildman–Crippen MR) is 131 cm³/mol. The van der Waals surface area contributed by atoms with Crippen LogP contribution < -0.4 is 10.1 Å². The Hall–Kier alpha value is -2.51. The molecule has 1 amide bonds. The SMILES string of the molecule is CCn1c(COc2ccc(C(C)(C)C)cc2)nnc1SCC(=O)Nc1cc(Cl)ccc1C. The minimum atomic E-state index is -0.122. The van der Waals surface area contributed by atoms with Crippen LogP contribution in [0.3, 0.4) is 0 Å². The van der Waals surface area contributed by atoms with E-state index in [1.165, 1.54) is 17.3 Å². The molecule has 1 N–H and O–H groups in total. The normalized spacial score (nSPS) is 11.4. The molecule has 2 aromatic carbocycles. The van der Waals surface area contributed by atoms with E-state index in [9.17, 15) is 4.79 Å². The van der Waals surface area contributed by atoms with E-state index in [1.807, 2.05) is 36.6 Å². The molecule has 1 aromatic heterocycles. The zero-order valence-corrected chi connectivity index (χ0v) is 20.7. The van der Waals surface area contributed by atoms with Gasteiger partial charge in [0.05, 0.1) is 5.75 Å². The molecular formula is C24H29ClN4O2S. The topological polar surface area (TPSA) is 69.0 Å². The summed E-state index contributed by atoms with van der Waals surface area (Å²) in [6.45, 7) is 11.5. The summed E-state index contributed by atoms with van der Waals surface area (Å²) in [5.74, 6) is 1.61. The van der Waals surface area contributed by atoms with E-state index in [2.05, 4.69) is 48.4 Å². The number of benzene rings is 2. The Morgan fingerprint density at radius 2 is 1.88 bits per heavy atom. The van der Waals surface area contributed by atoms with Gasteiger partial charge in [-0.05, 0) is 54.7 Å². The highest BCUT2D eigenvalue weighted by Gasteiger charge is 2.16. The van der Waals surface area contributed by atoms with Gasteiger partial charge in [-0.3, -0.25) is 4.79 Å². The maximum Gasteiger partial charge on any atom is 0.234 e. The van der Waals surface area contributed by atoms with Gasteiger partial charge in [-0.25, -0.2) is 0 Å². The molecule has 32 heavy (non-hydrogen) atoms. The van der Waals surface area contributed by atoms with Gasteiger partial charge in [-0.2, -0.15) is 0 Å². The Labute approximate surface area is 198 Å². The molecule has 0 spiro atoms. The van der Waals surface area contributed by atoms with Crippen molar-refractivity contribution < 1.29 is 9.53 Å². The molecule has 6 nitrogen and oxygen atoms in total. The number of amides is 1. The fourth-order valence-corrected chi connectivity index (χ4v) is 4.09. The molecular weight excluding hydrogens is 444 g/mol. The Balaban J connectivity index is 1.58. The number of hydrogen-bond donors (Lipinski definition) is 1. The number of anilines is 1. The number of carbonyl (C=O) groups excluding carboxylic acids is 1. The van der Waals surface area contributed by atoms with Gasteiger partial charge in [0.15, 0.2) is 11.0 Å². The summed E-state index contributed by atoms with van der Waals surface area (Å²) < 4.78 is 7.88. The summed E-state index contributed by atoms with van der Waals surface area (Å²) in [5, 5.41) is 12.7. The molecule has 0 aliphatic carbocycles. The predicted octanol–water partition coefficient (Wildman–Crippen LogP) is 5.87. The molecule has 0 aliphatic heterocycles. The fourth-order valence-electron chi connectivity index (χ4n) is 3.09. The summed E-state index contributed by atoms with van der Waals surface area (Å²) in [6.07, 6.45) is 0. The molecule has 0 saturated carbocycles. The molecule has 0 atom stereocenters. The largest absolute Gasteiger partial charge is 0.486 e. The molecule has 8 heteroatoms. The second-order valence-electron chi connectivity index (χ2n) is 8.50. The lowest BCUT2D eigenvalue weighted by atomic mass is 9.87. The minimum Gasteiger partial charge on any atom is -0.486 e. The summed E-state index contributed by atoms with van der Waals surface area (Å²) in [5.41, 5.74) is 3.03. The first-order valence-corrected chi connectivity index (χ1v) is 11.9. The lowest BCUT2D eigenvalue weighted by molar-refractivity contribution is -0.113. The molecule has 0 saturated heterocycles. The van der Waals surface area contributed by atoms with Crippen LogP contribution in [0.15, 0.2) is 47.6 Å². The summed E-state index contributed by atoms with van der Waals surface area (Å²) in [4.78, 5) is 12.4. The highest BCUT2D eigenvalue weighted by atomic mass is 35.5. The van der Waals surface area contributed by atoms with Crippen molar-refractivity contribution in [3.05, 3.63) is 64.4 Å². The van der Waals surface area contributed by atoms with Gasteiger partial charge in [0, 0.05) is 17.3 Å². The average Bonchev–Trinajstić information content (AvgIpc) is 3.15. The first kappa shape index (κ1) is 24.1. The Kier molecular flexibility index (Phi) is 7.85. The second kappa shape index (κ2) is 10.4. The number of hydrogen-bond acceptors (Lipinski definition) is 5. The number of ether oxygens (including phenoxy) is 1. The highest BCUT2D eigenvalue weighted by molar-refractivity contribution is 7.99. The van der Waals surface area contributed by atoms with Crippen LogP contribution in [-0.2, 0) is 23.4 Å². The quantitative estimate of drug-likeness (QED) is 0.415. The molecule has 0 unspecified atom stereocenters. The molecule has 170 valence electrons. The van der Waals surface area contributed by atoms with Crippen LogP contribution in [0.4, 0.5) is 5.69 Å². The van der Waals surface area contributed by atoms with E-state index in [0.29, 0.717) is 29.0 Å². The molecule has 3 aromatic rings. The fraction of sp³-hybridized carbons (Fsp3) is 0.375. The van der Waals surface area contributed by atoms with Gasteiger partial charge >= 0.3 is 0 Å². The summed E-state index contributed by atoms with van der Waals surface area (Å²) in [6, 6.07) is 13.5. The van der Waals surface area contributed by atoms with Crippen LogP contribution in [0.1, 0.15) is 44.6 Å². The molecule has 1 heterocycles. The van der Waals surface area contributed by atoms with Crippen molar-refractivity contribution in [2.45, 2.75) is 58.3 Å². The van der Waals surface area contributed by atoms with Gasteiger partial charge < -0.3 is 14.6 Å². The van der Waals surface area contributed by atoms with Crippen LogP contribution in [0.25, 0.3) is 0 Å². The third kappa shape index (κ3) is 6.26. The molecule has 0 radical (unpaired) electrons. The zero-order chi connectivity index (χ0) is 23.3. The number of rotatable bonds is 8. The van der Waals surface area contributed by atoms with Crippen molar-refractivity contribution in [2.75, 3.05) is 11.1 Å². The van der Waals surface area contributed by atoms with Crippen molar-refractivity contribution in [1.82, 2.24) is 14.8 Å². The van der Waals surface area contributed by atoms with Crippen molar-refractivity contribution in [1.29, 1.82) is 0 Å². The lowest BCUT2D eigenvalue weighted by Gasteiger charge is -2.19. The number of nitrogens with one attached hydrogen (secondary N) is 1. The van der Waals surface area contributed by atoms with Gasteiger partial charge in [0.25, 0.3) is 0 Å². The van der Waals surface area contributed by atoms with E-state index in [0.717, 1.165) is 17.1 Å². The van der Waals surface area contributed by atoms with Crippen LogP contribution in [0, 0.1) is 6.92 Å². The third-order valence-electron chi connectivity index (χ3n) is 5.00. The first-order chi connectivity index (χ1) is 15.2. The van der Waals surface area contributed by atoms with Crippen molar-refractivity contribution in [3.63, 3.8) is 0 Å². The van der Waals surface area contributed by atoms with E-state index in [-0.39, 0.29) is 17.1 Å². The van der Waals surface area contributed by atoms with Gasteiger partial charge in [-0.1, -0.05) is 62.3 Å². The van der Waals surface area contributed by atoms with Gasteiger partial charge in [-0.15, -0.1) is 10.2 Å². The van der Waals surface area contributed by atoms with Gasteiger partial charge in [0.2, 0.25) is 5.91 Å². The Morgan fingerprint density at radius 3 is 2.53 bits per heavy atom. The van der Waals surface area contributed by atoms with Crippen LogP contribution >= 0.6 is 23.4 Å². The maximum absolute atomic E-state index is 12.4. The average molecular weight is 473 g/mol. The third-order valence-corrected chi connectivity index (χ3v) is 6.21. The summed E-state index contributed by atoms with van der Waals surface area (Å²) >= 11 is 7.37.